The summed E-state index contributed by atoms with van der Waals surface area (Å²) in [5, 5.41) is 10.1. The van der Waals surface area contributed by atoms with Crippen LogP contribution in [0.5, 0.6) is 5.75 Å². The first-order chi connectivity index (χ1) is 14.7. The molecule has 1 fully saturated rings. The third kappa shape index (κ3) is 4.63. The number of rotatable bonds is 6. The molecular weight excluding hydrogens is 376 g/mol. The fourth-order valence-electron chi connectivity index (χ4n) is 3.81. The molecule has 1 amide bonds. The number of carbonyl (C=O) groups is 1. The minimum Gasteiger partial charge on any atom is -0.506 e. The molecule has 30 heavy (non-hydrogen) atoms. The Morgan fingerprint density at radius 3 is 1.90 bits per heavy atom. The van der Waals surface area contributed by atoms with Crippen LogP contribution in [-0.2, 0) is 9.53 Å². The van der Waals surface area contributed by atoms with Crippen molar-refractivity contribution in [2.45, 2.75) is 6.10 Å². The standard InChI is InChI=1S/C25H26N2O3/c28-23-14-8-7-13-22(23)26-15-17-27(18-16-26)24(29)19-30-25(20-9-3-1-4-10-20)21-11-5-2-6-12-21/h1-14,25,28H,15-19H2. The number of aromatic hydroxyl groups is 1. The van der Waals surface area contributed by atoms with E-state index in [1.807, 2.05) is 83.8 Å². The molecule has 3 aromatic rings. The third-order valence-electron chi connectivity index (χ3n) is 5.43. The molecule has 0 spiro atoms. The summed E-state index contributed by atoms with van der Waals surface area (Å²) in [6.45, 7) is 2.62. The molecule has 0 bridgehead atoms. The second-order valence-electron chi connectivity index (χ2n) is 7.37. The van der Waals surface area contributed by atoms with Crippen molar-refractivity contribution < 1.29 is 14.6 Å². The number of para-hydroxylation sites is 2. The average Bonchev–Trinajstić information content (AvgIpc) is 2.81. The van der Waals surface area contributed by atoms with Crippen LogP contribution in [0.1, 0.15) is 17.2 Å². The van der Waals surface area contributed by atoms with Crippen LogP contribution in [0.3, 0.4) is 0 Å². The van der Waals surface area contributed by atoms with E-state index in [0.717, 1.165) is 16.8 Å². The van der Waals surface area contributed by atoms with Crippen LogP contribution < -0.4 is 4.90 Å². The number of hydrogen-bond acceptors (Lipinski definition) is 4. The highest BCUT2D eigenvalue weighted by Gasteiger charge is 2.24. The second kappa shape index (κ2) is 9.46. The molecule has 4 rings (SSSR count). The van der Waals surface area contributed by atoms with Crippen LogP contribution in [0.25, 0.3) is 0 Å². The summed E-state index contributed by atoms with van der Waals surface area (Å²) < 4.78 is 6.12. The number of phenolic OH excluding ortho intramolecular Hbond substituents is 1. The lowest BCUT2D eigenvalue weighted by Gasteiger charge is -2.36. The van der Waals surface area contributed by atoms with Gasteiger partial charge in [-0.25, -0.2) is 0 Å². The molecular formula is C25H26N2O3. The Bertz CT molecular complexity index is 915. The normalized spacial score (nSPS) is 14.2. The lowest BCUT2D eigenvalue weighted by atomic mass is 10.0. The van der Waals surface area contributed by atoms with E-state index in [9.17, 15) is 9.90 Å². The Labute approximate surface area is 177 Å². The first-order valence-electron chi connectivity index (χ1n) is 10.2. The summed E-state index contributed by atoms with van der Waals surface area (Å²) in [4.78, 5) is 16.8. The number of carbonyl (C=O) groups excluding carboxylic acids is 1. The highest BCUT2D eigenvalue weighted by Crippen LogP contribution is 2.28. The molecule has 0 radical (unpaired) electrons. The predicted molar refractivity (Wildman–Crippen MR) is 118 cm³/mol. The fraction of sp³-hybridized carbons (Fsp3) is 0.240. The minimum atomic E-state index is -0.279. The van der Waals surface area contributed by atoms with E-state index in [2.05, 4.69) is 4.90 Å². The van der Waals surface area contributed by atoms with Gasteiger partial charge in [-0.15, -0.1) is 0 Å². The number of nitrogens with zero attached hydrogens (tertiary/aromatic N) is 2. The van der Waals surface area contributed by atoms with Gasteiger partial charge in [-0.3, -0.25) is 4.79 Å². The van der Waals surface area contributed by atoms with E-state index in [4.69, 9.17) is 4.74 Å². The van der Waals surface area contributed by atoms with Crippen LogP contribution >= 0.6 is 0 Å². The number of benzene rings is 3. The highest BCUT2D eigenvalue weighted by atomic mass is 16.5. The molecule has 3 aromatic carbocycles. The van der Waals surface area contributed by atoms with Gasteiger partial charge in [-0.05, 0) is 23.3 Å². The van der Waals surface area contributed by atoms with Crippen molar-refractivity contribution in [2.24, 2.45) is 0 Å². The quantitative estimate of drug-likeness (QED) is 0.681. The smallest absolute Gasteiger partial charge is 0.248 e. The molecule has 5 heteroatoms. The van der Waals surface area contributed by atoms with Gasteiger partial charge in [0.25, 0.3) is 0 Å². The maximum atomic E-state index is 12.8. The predicted octanol–water partition coefficient (Wildman–Crippen LogP) is 3.85. The van der Waals surface area contributed by atoms with E-state index in [-0.39, 0.29) is 24.4 Å². The molecule has 0 aromatic heterocycles. The topological polar surface area (TPSA) is 53.0 Å². The van der Waals surface area contributed by atoms with Gasteiger partial charge in [0.2, 0.25) is 5.91 Å². The highest BCUT2D eigenvalue weighted by molar-refractivity contribution is 5.78. The summed E-state index contributed by atoms with van der Waals surface area (Å²) in [5.74, 6) is 0.262. The van der Waals surface area contributed by atoms with Crippen molar-refractivity contribution in [1.29, 1.82) is 0 Å². The van der Waals surface area contributed by atoms with Crippen molar-refractivity contribution in [2.75, 3.05) is 37.7 Å². The van der Waals surface area contributed by atoms with Crippen LogP contribution in [0.4, 0.5) is 5.69 Å². The number of phenols is 1. The molecule has 1 aliphatic rings. The monoisotopic (exact) mass is 402 g/mol. The van der Waals surface area contributed by atoms with E-state index in [0.29, 0.717) is 26.2 Å². The minimum absolute atomic E-state index is 0.0104. The van der Waals surface area contributed by atoms with Crippen molar-refractivity contribution in [1.82, 2.24) is 4.90 Å². The van der Waals surface area contributed by atoms with Gasteiger partial charge < -0.3 is 19.6 Å². The molecule has 1 N–H and O–H groups in total. The Balaban J connectivity index is 1.37. The summed E-state index contributed by atoms with van der Waals surface area (Å²) in [7, 11) is 0. The first-order valence-corrected chi connectivity index (χ1v) is 10.2. The van der Waals surface area contributed by atoms with E-state index < -0.39 is 0 Å². The summed E-state index contributed by atoms with van der Waals surface area (Å²) in [6.07, 6.45) is -0.279. The maximum Gasteiger partial charge on any atom is 0.248 e. The SMILES string of the molecule is O=C(COC(c1ccccc1)c1ccccc1)N1CCN(c2ccccc2O)CC1. The number of ether oxygens (including phenoxy) is 1. The fourth-order valence-corrected chi connectivity index (χ4v) is 3.81. The molecule has 5 nitrogen and oxygen atoms in total. The van der Waals surface area contributed by atoms with Crippen LogP contribution in [0.15, 0.2) is 84.9 Å². The number of hydrogen-bond donors (Lipinski definition) is 1. The maximum absolute atomic E-state index is 12.8. The lowest BCUT2D eigenvalue weighted by Crippen LogP contribution is -2.49. The largest absolute Gasteiger partial charge is 0.506 e. The van der Waals surface area contributed by atoms with Gasteiger partial charge in [-0.2, -0.15) is 0 Å². The second-order valence-corrected chi connectivity index (χ2v) is 7.37. The zero-order valence-corrected chi connectivity index (χ0v) is 16.9. The number of piperazine rings is 1. The summed E-state index contributed by atoms with van der Waals surface area (Å²) in [6, 6.07) is 27.3. The van der Waals surface area contributed by atoms with Crippen molar-refractivity contribution in [3.63, 3.8) is 0 Å². The molecule has 1 saturated heterocycles. The van der Waals surface area contributed by atoms with Gasteiger partial charge in [-0.1, -0.05) is 72.8 Å². The Morgan fingerprint density at radius 2 is 1.33 bits per heavy atom. The Hall–Kier alpha value is -3.31. The third-order valence-corrected chi connectivity index (χ3v) is 5.43. The van der Waals surface area contributed by atoms with Crippen LogP contribution in [0, 0.1) is 0 Å². The van der Waals surface area contributed by atoms with Crippen molar-refractivity contribution >= 4 is 11.6 Å². The zero-order valence-electron chi connectivity index (χ0n) is 16.9. The molecule has 1 aliphatic heterocycles. The number of amides is 1. The van der Waals surface area contributed by atoms with E-state index >= 15 is 0 Å². The first kappa shape index (κ1) is 20.0. The van der Waals surface area contributed by atoms with Crippen LogP contribution in [0.2, 0.25) is 0 Å². The Kier molecular flexibility index (Phi) is 6.30. The van der Waals surface area contributed by atoms with Gasteiger partial charge in [0, 0.05) is 26.2 Å². The van der Waals surface area contributed by atoms with Crippen LogP contribution in [-0.4, -0.2) is 48.7 Å². The van der Waals surface area contributed by atoms with Gasteiger partial charge >= 0.3 is 0 Å². The van der Waals surface area contributed by atoms with Gasteiger partial charge in [0.15, 0.2) is 0 Å². The molecule has 0 saturated carbocycles. The van der Waals surface area contributed by atoms with Crippen molar-refractivity contribution in [3.05, 3.63) is 96.1 Å². The molecule has 0 aliphatic carbocycles. The van der Waals surface area contributed by atoms with Gasteiger partial charge in [0.05, 0.1) is 5.69 Å². The van der Waals surface area contributed by atoms with E-state index in [1.54, 1.807) is 6.07 Å². The van der Waals surface area contributed by atoms with Gasteiger partial charge in [0.1, 0.15) is 18.5 Å². The number of anilines is 1. The lowest BCUT2D eigenvalue weighted by molar-refractivity contribution is -0.137. The zero-order chi connectivity index (χ0) is 20.8. The molecule has 0 unspecified atom stereocenters. The summed E-state index contributed by atoms with van der Waals surface area (Å²) >= 11 is 0. The van der Waals surface area contributed by atoms with E-state index in [1.165, 1.54) is 0 Å². The molecule has 1 heterocycles. The molecule has 154 valence electrons. The summed E-state index contributed by atoms with van der Waals surface area (Å²) in [5.41, 5.74) is 2.87. The average molecular weight is 402 g/mol. The molecule has 0 atom stereocenters. The van der Waals surface area contributed by atoms with Crippen molar-refractivity contribution in [3.8, 4) is 5.75 Å². The Morgan fingerprint density at radius 1 is 0.800 bits per heavy atom.